The zero-order chi connectivity index (χ0) is 50.1. The number of ether oxygens (including phenoxy) is 1. The number of likely N-dealkylation sites (N-methyl/N-ethyl adjacent to an activating group) is 3. The number of methoxy groups -OCH3 is 1. The Kier molecular flexibility index (Phi) is 38.6. The van der Waals surface area contributed by atoms with E-state index in [-0.39, 0.29) is 82.0 Å². The molecule has 0 saturated carbocycles. The summed E-state index contributed by atoms with van der Waals surface area (Å²) < 4.78 is 4.69. The molecule has 12 nitrogen and oxygen atoms in total. The van der Waals surface area contributed by atoms with Gasteiger partial charge in [-0.15, -0.1) is 34.0 Å². The third-order valence-corrected chi connectivity index (χ3v) is 12.3. The number of aromatic carboxylic acids is 1. The van der Waals surface area contributed by atoms with Crippen molar-refractivity contribution in [3.05, 3.63) is 163 Å². The van der Waals surface area contributed by atoms with Crippen molar-refractivity contribution in [1.82, 2.24) is 0 Å². The number of carbonyl (C=O) groups excluding carboxylic acids is 4. The number of aliphatic hydroxyl groups excluding tert-OH is 3. The van der Waals surface area contributed by atoms with Crippen molar-refractivity contribution < 1.29 is 82.1 Å². The number of hydrogen-bond donors (Lipinski definition) is 3. The molecule has 0 unspecified atom stereocenters. The molecule has 0 saturated heterocycles. The van der Waals surface area contributed by atoms with E-state index in [1.807, 2.05) is 115 Å². The fourth-order valence-corrected chi connectivity index (χ4v) is 7.68. The molecule has 0 aliphatic rings. The summed E-state index contributed by atoms with van der Waals surface area (Å²) in [6.45, 7) is 8.02. The van der Waals surface area contributed by atoms with Gasteiger partial charge in [-0.25, -0.2) is 4.79 Å². The molecule has 0 bridgehead atoms. The third-order valence-electron chi connectivity index (χ3n) is 9.37. The Morgan fingerprint density at radius 3 is 1.23 bits per heavy atom. The van der Waals surface area contributed by atoms with Crippen LogP contribution in [0.1, 0.15) is 77.9 Å². The van der Waals surface area contributed by atoms with Crippen molar-refractivity contribution in [3.8, 4) is 0 Å². The molecular weight excluding hydrogens is 945 g/mol. The number of aliphatic hydroxyl groups is 3. The van der Waals surface area contributed by atoms with E-state index in [0.717, 1.165) is 44.4 Å². The maximum Gasteiger partial charge on any atom is 1.00 e. The van der Waals surface area contributed by atoms with Crippen LogP contribution in [0.15, 0.2) is 115 Å². The van der Waals surface area contributed by atoms with Crippen LogP contribution in [0, 0.1) is 6.92 Å². The molecule has 370 valence electrons. The standard InChI is InChI=1S/C17H19NO3S.C16H17NO3S.C15H17NOS.C4H9.CO2.CH4.2Li/c1-18(11-12-19)14-6-3-13(4-7-14)5-8-15-9-10-16(22-15)17(20)21-2;1-17(10-11-18)13-5-2-12(3-6-13)4-7-14-8-9-15(21-14)16(19)20;1-16(10-11-17)14-7-4-13(5-8-14)6-9-15-3-2-12-18-15;1-3-4-2;2-1-3;;;/h3-10,19H,11-12H2,1-2H3;2-9,18H,10-11H2,1H3,(H,19,20);2-9,12,17H,10-11H2,1H3;1,3-4H2,2H3;;1H4;;/q;;;-1;;;2*+1/p-1/b8-5+;7-4+;9-6+;;;;;. The van der Waals surface area contributed by atoms with Gasteiger partial charge in [0.05, 0.1) is 37.8 Å². The molecule has 3 aromatic carbocycles. The van der Waals surface area contributed by atoms with Crippen molar-refractivity contribution >= 4 is 106 Å². The number of esters is 1. The molecule has 6 aromatic rings. The Morgan fingerprint density at radius 1 is 0.606 bits per heavy atom. The second-order valence-electron chi connectivity index (χ2n) is 14.3. The second-order valence-corrected chi connectivity index (χ2v) is 17.6. The summed E-state index contributed by atoms with van der Waals surface area (Å²) in [4.78, 5) is 48.3. The Morgan fingerprint density at radius 2 is 0.944 bits per heavy atom. The minimum absolute atomic E-state index is 0. The summed E-state index contributed by atoms with van der Waals surface area (Å²) in [5.41, 5.74) is 6.52. The van der Waals surface area contributed by atoms with Crippen molar-refractivity contribution in [1.29, 1.82) is 0 Å². The molecule has 71 heavy (non-hydrogen) atoms. The first-order chi connectivity index (χ1) is 32.9. The number of anilines is 3. The monoisotopic (exact) mass is 1010 g/mol. The summed E-state index contributed by atoms with van der Waals surface area (Å²) >= 11 is 4.33. The smallest absolute Gasteiger partial charge is 0.544 e. The summed E-state index contributed by atoms with van der Waals surface area (Å²) in [6.07, 6.45) is 14.6. The molecule has 17 heteroatoms. The number of carbonyl (C=O) groups is 2. The first-order valence-corrected chi connectivity index (χ1v) is 24.0. The zero-order valence-corrected chi connectivity index (χ0v) is 43.6. The zero-order valence-electron chi connectivity index (χ0n) is 41.2. The van der Waals surface area contributed by atoms with E-state index in [1.165, 1.54) is 46.6 Å². The second kappa shape index (κ2) is 40.4. The number of benzene rings is 3. The van der Waals surface area contributed by atoms with Crippen molar-refractivity contribution in [2.24, 2.45) is 0 Å². The number of unbranched alkanes of at least 4 members (excludes halogenated alkanes) is 1. The third kappa shape index (κ3) is 27.3. The van der Waals surface area contributed by atoms with Crippen molar-refractivity contribution in [2.75, 3.05) is 82.4 Å². The molecule has 0 aliphatic heterocycles. The van der Waals surface area contributed by atoms with Crippen LogP contribution in [0.25, 0.3) is 36.5 Å². The molecule has 0 fully saturated rings. The predicted molar refractivity (Wildman–Crippen MR) is 288 cm³/mol. The quantitative estimate of drug-likeness (QED) is 0.0647. The summed E-state index contributed by atoms with van der Waals surface area (Å²) in [5, 5.41) is 39.5. The number of thiophene rings is 3. The first kappa shape index (κ1) is 67.9. The van der Waals surface area contributed by atoms with Crippen LogP contribution >= 0.6 is 34.0 Å². The van der Waals surface area contributed by atoms with Gasteiger partial charge < -0.3 is 51.6 Å². The van der Waals surface area contributed by atoms with Crippen LogP contribution in [0.2, 0.25) is 0 Å². The number of nitrogens with zero attached hydrogens (tertiary/aromatic N) is 3. The first-order valence-electron chi connectivity index (χ1n) is 21.5. The molecule has 3 heterocycles. The largest absolute Gasteiger partial charge is 1.00 e. The van der Waals surface area contributed by atoms with Crippen LogP contribution < -0.4 is 57.5 Å². The fourth-order valence-electron chi connectivity index (χ4n) is 5.48. The summed E-state index contributed by atoms with van der Waals surface area (Å²) in [7, 11) is 7.23. The van der Waals surface area contributed by atoms with Crippen LogP contribution in [-0.4, -0.2) is 101 Å². The van der Waals surface area contributed by atoms with Crippen LogP contribution in [0.5, 0.6) is 0 Å². The van der Waals surface area contributed by atoms with Crippen molar-refractivity contribution in [2.45, 2.75) is 27.2 Å². The van der Waals surface area contributed by atoms with Gasteiger partial charge in [0.25, 0.3) is 0 Å². The maximum absolute atomic E-state index is 11.4. The Balaban J connectivity index is 0. The van der Waals surface area contributed by atoms with Gasteiger partial charge in [-0.05, 0) is 107 Å². The van der Waals surface area contributed by atoms with Gasteiger partial charge in [-0.2, -0.15) is 16.0 Å². The number of carboxylic acids is 1. The number of hydrogen-bond acceptors (Lipinski definition) is 15. The summed E-state index contributed by atoms with van der Waals surface area (Å²) in [5.74, 6) is -1.45. The Bertz CT molecular complexity index is 2430. The molecule has 0 spiro atoms. The van der Waals surface area contributed by atoms with E-state index in [4.69, 9.17) is 29.6 Å². The fraction of sp³-hybridized carbons (Fsp3) is 0.259. The van der Waals surface area contributed by atoms with E-state index in [2.05, 4.69) is 67.8 Å². The SMILES string of the molecule is C.CN(CCO)c1ccc(/C=C/c2ccc(C(=O)[O-])s2)cc1.CN(CCO)c1ccc(/C=C/c2cccs2)cc1.COC(=O)c1ccc(/C=C/c2ccc(N(C)CCO)cc2)s1.O=C=O.[CH2-]CCC.[Li+].[Li+]. The Hall–Kier alpha value is -5.23. The summed E-state index contributed by atoms with van der Waals surface area (Å²) in [6, 6.07) is 35.5. The molecule has 0 atom stereocenters. The van der Waals surface area contributed by atoms with Crippen LogP contribution in [0.4, 0.5) is 17.1 Å². The molecule has 3 aromatic heterocycles. The van der Waals surface area contributed by atoms with E-state index in [1.54, 1.807) is 29.5 Å². The average molecular weight is 1010 g/mol. The van der Waals surface area contributed by atoms with Gasteiger partial charge in [0.2, 0.25) is 0 Å². The number of carboxylic acid groups (broad SMARTS) is 1. The van der Waals surface area contributed by atoms with Gasteiger partial charge in [0, 0.05) is 72.5 Å². The molecule has 0 amide bonds. The predicted octanol–water partition coefficient (Wildman–Crippen LogP) is 3.87. The van der Waals surface area contributed by atoms with Gasteiger partial charge >= 0.3 is 49.8 Å². The van der Waals surface area contributed by atoms with Crippen LogP contribution in [0.3, 0.4) is 0 Å². The van der Waals surface area contributed by atoms with Crippen molar-refractivity contribution in [3.63, 3.8) is 0 Å². The van der Waals surface area contributed by atoms with E-state index in [9.17, 15) is 14.7 Å². The van der Waals surface area contributed by atoms with E-state index in [0.29, 0.717) is 24.5 Å². The maximum atomic E-state index is 11.4. The van der Waals surface area contributed by atoms with Gasteiger partial charge in [-0.1, -0.05) is 81.5 Å². The molecule has 3 N–H and O–H groups in total. The minimum atomic E-state index is -1.14. The van der Waals surface area contributed by atoms with E-state index >= 15 is 0 Å². The molecule has 0 aliphatic carbocycles. The van der Waals surface area contributed by atoms with Gasteiger partial charge in [0.1, 0.15) is 4.88 Å². The number of rotatable bonds is 18. The molecular formula is C54H65Li2N3O9S3. The van der Waals surface area contributed by atoms with Crippen LogP contribution in [-0.2, 0) is 14.3 Å². The van der Waals surface area contributed by atoms with Gasteiger partial charge in [-0.3, -0.25) is 0 Å². The average Bonchev–Trinajstić information content (AvgIpc) is 4.17. The molecule has 6 rings (SSSR count). The normalized spacial score (nSPS) is 9.93. The topological polar surface area (TPSA) is 171 Å². The van der Waals surface area contributed by atoms with E-state index < -0.39 is 5.97 Å². The van der Waals surface area contributed by atoms with Gasteiger partial charge in [0.15, 0.2) is 0 Å². The Labute approximate surface area is 456 Å². The molecule has 0 radical (unpaired) electrons. The minimum Gasteiger partial charge on any atom is -0.544 e.